The Balaban J connectivity index is 1.50. The summed E-state index contributed by atoms with van der Waals surface area (Å²) in [5, 5.41) is 3.44. The van der Waals surface area contributed by atoms with Crippen LogP contribution in [0.1, 0.15) is 51.7 Å². The van der Waals surface area contributed by atoms with E-state index in [4.69, 9.17) is 9.40 Å². The molecule has 0 aliphatic carbocycles. The minimum absolute atomic E-state index is 0.0535. The summed E-state index contributed by atoms with van der Waals surface area (Å²) in [4.78, 5) is 5.35. The van der Waals surface area contributed by atoms with E-state index < -0.39 is 0 Å². The van der Waals surface area contributed by atoms with Gasteiger partial charge in [0.1, 0.15) is 17.7 Å². The maximum atomic E-state index is 6.32. The first kappa shape index (κ1) is 29.0. The molecule has 0 aliphatic rings. The van der Waals surface area contributed by atoms with E-state index in [-0.39, 0.29) is 5.41 Å². The molecule has 0 radical (unpaired) electrons. The standard InChI is InChI=1S/C44H38N2O/c1-28(2)31-20-21-32-24-41-37(23-33(32)22-31)38(27-47-41)43-45-39-18-12-13-19-40(39)46(43)42-35(29-14-8-6-9-15-29)25-34(44(3,4)5)26-36(42)30-16-10-7-11-17-30/h6-28H,1-5H3. The quantitative estimate of drug-likeness (QED) is 0.194. The van der Waals surface area contributed by atoms with Gasteiger partial charge in [-0.15, -0.1) is 0 Å². The van der Waals surface area contributed by atoms with Gasteiger partial charge in [-0.2, -0.15) is 0 Å². The lowest BCUT2D eigenvalue weighted by atomic mass is 9.82. The van der Waals surface area contributed by atoms with Crippen molar-refractivity contribution in [1.29, 1.82) is 0 Å². The largest absolute Gasteiger partial charge is 0.464 e. The summed E-state index contributed by atoms with van der Waals surface area (Å²) in [7, 11) is 0. The van der Waals surface area contributed by atoms with Gasteiger partial charge in [0.15, 0.2) is 0 Å². The topological polar surface area (TPSA) is 31.0 Å². The molecule has 0 bridgehead atoms. The highest BCUT2D eigenvalue weighted by molar-refractivity contribution is 6.04. The maximum absolute atomic E-state index is 6.32. The monoisotopic (exact) mass is 610 g/mol. The number of hydrogen-bond donors (Lipinski definition) is 0. The van der Waals surface area contributed by atoms with E-state index >= 15 is 0 Å². The highest BCUT2D eigenvalue weighted by Crippen LogP contribution is 2.44. The van der Waals surface area contributed by atoms with Crippen LogP contribution < -0.4 is 0 Å². The van der Waals surface area contributed by atoms with Gasteiger partial charge in [-0.25, -0.2) is 4.98 Å². The van der Waals surface area contributed by atoms with Crippen LogP contribution in [0.2, 0.25) is 0 Å². The molecule has 0 fully saturated rings. The number of rotatable bonds is 5. The summed E-state index contributed by atoms with van der Waals surface area (Å²) < 4.78 is 8.68. The van der Waals surface area contributed by atoms with Crippen molar-refractivity contribution in [3.63, 3.8) is 0 Å². The maximum Gasteiger partial charge on any atom is 0.149 e. The summed E-state index contributed by atoms with van der Waals surface area (Å²) in [5.74, 6) is 1.31. The lowest BCUT2D eigenvalue weighted by molar-refractivity contribution is 0.590. The Hall–Kier alpha value is -5.41. The summed E-state index contributed by atoms with van der Waals surface area (Å²) in [5.41, 5.74) is 12.2. The average molecular weight is 611 g/mol. The van der Waals surface area contributed by atoms with Gasteiger partial charge in [-0.05, 0) is 80.8 Å². The molecule has 8 rings (SSSR count). The fourth-order valence-electron chi connectivity index (χ4n) is 6.74. The molecule has 3 heteroatoms. The predicted molar refractivity (Wildman–Crippen MR) is 197 cm³/mol. The van der Waals surface area contributed by atoms with Crippen LogP contribution in [0.25, 0.3) is 72.1 Å². The van der Waals surface area contributed by atoms with E-state index in [1.807, 2.05) is 6.26 Å². The molecule has 0 spiro atoms. The second-order valence-corrected chi connectivity index (χ2v) is 13.9. The molecule has 2 heterocycles. The molecule has 0 aliphatic heterocycles. The Kier molecular flexibility index (Phi) is 6.88. The lowest BCUT2D eigenvalue weighted by Crippen LogP contribution is -2.13. The van der Waals surface area contributed by atoms with Crippen LogP contribution in [0.4, 0.5) is 0 Å². The van der Waals surface area contributed by atoms with Crippen LogP contribution in [0.3, 0.4) is 0 Å². The van der Waals surface area contributed by atoms with Gasteiger partial charge in [0.2, 0.25) is 0 Å². The van der Waals surface area contributed by atoms with Crippen molar-refractivity contribution in [2.24, 2.45) is 0 Å². The van der Waals surface area contributed by atoms with Crippen LogP contribution in [0.15, 0.2) is 138 Å². The van der Waals surface area contributed by atoms with Crippen molar-refractivity contribution >= 4 is 32.8 Å². The summed E-state index contributed by atoms with van der Waals surface area (Å²) in [6.45, 7) is 11.3. The number of hydrogen-bond acceptors (Lipinski definition) is 2. The SMILES string of the molecule is CC(C)c1ccc2cc3occ(-c4nc5ccccc5n4-c4c(-c5ccccc5)cc(C(C)(C)C)cc4-c4ccccc4)c3cc2c1. The van der Waals surface area contributed by atoms with Crippen LogP contribution in [0.5, 0.6) is 0 Å². The summed E-state index contributed by atoms with van der Waals surface area (Å²) in [6, 6.07) is 45.9. The molecule has 0 amide bonds. The van der Waals surface area contributed by atoms with E-state index in [0.717, 1.165) is 39.1 Å². The molecule has 0 atom stereocenters. The van der Waals surface area contributed by atoms with Crippen molar-refractivity contribution in [3.8, 4) is 39.3 Å². The molecule has 47 heavy (non-hydrogen) atoms. The smallest absolute Gasteiger partial charge is 0.149 e. The normalized spacial score (nSPS) is 12.1. The molecule has 8 aromatic rings. The molecular formula is C44H38N2O. The van der Waals surface area contributed by atoms with Crippen molar-refractivity contribution in [2.75, 3.05) is 0 Å². The molecule has 3 nitrogen and oxygen atoms in total. The number of fused-ring (bicyclic) bond motifs is 3. The van der Waals surface area contributed by atoms with E-state index in [1.54, 1.807) is 0 Å². The van der Waals surface area contributed by atoms with E-state index in [0.29, 0.717) is 5.92 Å². The van der Waals surface area contributed by atoms with Crippen LogP contribution in [-0.4, -0.2) is 9.55 Å². The molecule has 0 unspecified atom stereocenters. The zero-order chi connectivity index (χ0) is 32.3. The minimum atomic E-state index is -0.0535. The summed E-state index contributed by atoms with van der Waals surface area (Å²) >= 11 is 0. The van der Waals surface area contributed by atoms with Crippen LogP contribution in [-0.2, 0) is 5.41 Å². The number of benzene rings is 6. The van der Waals surface area contributed by atoms with Gasteiger partial charge >= 0.3 is 0 Å². The molecule has 6 aromatic carbocycles. The number of nitrogens with zero attached hydrogens (tertiary/aromatic N) is 2. The number of imidazole rings is 1. The third-order valence-corrected chi connectivity index (χ3v) is 9.39. The Morgan fingerprint density at radius 1 is 0.638 bits per heavy atom. The fourth-order valence-corrected chi connectivity index (χ4v) is 6.74. The van der Waals surface area contributed by atoms with E-state index in [9.17, 15) is 0 Å². The van der Waals surface area contributed by atoms with Crippen LogP contribution in [0, 0.1) is 0 Å². The average Bonchev–Trinajstić information content (AvgIpc) is 3.67. The summed E-state index contributed by atoms with van der Waals surface area (Å²) in [6.07, 6.45) is 1.89. The molecule has 230 valence electrons. The van der Waals surface area contributed by atoms with Crippen LogP contribution >= 0.6 is 0 Å². The minimum Gasteiger partial charge on any atom is -0.464 e. The highest BCUT2D eigenvalue weighted by Gasteiger charge is 2.26. The molecule has 2 aromatic heterocycles. The molecule has 0 N–H and O–H groups in total. The van der Waals surface area contributed by atoms with E-state index in [2.05, 4.69) is 167 Å². The zero-order valence-electron chi connectivity index (χ0n) is 27.6. The first-order valence-electron chi connectivity index (χ1n) is 16.5. The number of aromatic nitrogens is 2. The second kappa shape index (κ2) is 11.1. The molecule has 0 saturated heterocycles. The Morgan fingerprint density at radius 2 is 1.28 bits per heavy atom. The predicted octanol–water partition coefficient (Wildman–Crippen LogP) is 12.3. The zero-order valence-corrected chi connectivity index (χ0v) is 27.6. The Morgan fingerprint density at radius 3 is 1.91 bits per heavy atom. The van der Waals surface area contributed by atoms with Crippen molar-refractivity contribution in [1.82, 2.24) is 9.55 Å². The first-order chi connectivity index (χ1) is 22.8. The first-order valence-corrected chi connectivity index (χ1v) is 16.5. The Labute approximate surface area is 276 Å². The number of para-hydroxylation sites is 2. The molecule has 0 saturated carbocycles. The third-order valence-electron chi connectivity index (χ3n) is 9.39. The van der Waals surface area contributed by atoms with Crippen molar-refractivity contribution < 1.29 is 4.42 Å². The van der Waals surface area contributed by atoms with Gasteiger partial charge in [0, 0.05) is 16.5 Å². The van der Waals surface area contributed by atoms with E-state index in [1.165, 1.54) is 44.2 Å². The second-order valence-electron chi connectivity index (χ2n) is 13.9. The van der Waals surface area contributed by atoms with Gasteiger partial charge in [0.05, 0.1) is 22.3 Å². The highest BCUT2D eigenvalue weighted by atomic mass is 16.3. The van der Waals surface area contributed by atoms with Gasteiger partial charge in [0.25, 0.3) is 0 Å². The van der Waals surface area contributed by atoms with Gasteiger partial charge in [-0.3, -0.25) is 4.57 Å². The lowest BCUT2D eigenvalue weighted by Gasteiger charge is -2.26. The van der Waals surface area contributed by atoms with Crippen molar-refractivity contribution in [2.45, 2.75) is 46.0 Å². The Bertz CT molecular complexity index is 2340. The number of furan rings is 1. The fraction of sp³-hybridized carbons (Fsp3) is 0.159. The van der Waals surface area contributed by atoms with Gasteiger partial charge in [-0.1, -0.05) is 126 Å². The van der Waals surface area contributed by atoms with Gasteiger partial charge < -0.3 is 4.42 Å². The van der Waals surface area contributed by atoms with Crippen molar-refractivity contribution in [3.05, 3.63) is 145 Å². The molecular weight excluding hydrogens is 572 g/mol. The third kappa shape index (κ3) is 5.03.